The van der Waals surface area contributed by atoms with Crippen molar-refractivity contribution in [3.63, 3.8) is 0 Å². The molecule has 0 aromatic heterocycles. The molecule has 0 aliphatic carbocycles. The van der Waals surface area contributed by atoms with Crippen molar-refractivity contribution in [2.45, 2.75) is 190 Å². The maximum absolute atomic E-state index is 13.1. The molecule has 374 valence electrons. The molecule has 12 unspecified atom stereocenters. The third-order valence-corrected chi connectivity index (χ3v) is 10.9. The van der Waals surface area contributed by atoms with E-state index in [1.165, 1.54) is 6.42 Å². The number of carbonyl (C=O) groups excluding carboxylic acids is 1. The number of allylic oxidation sites excluding steroid dienone is 17. The van der Waals surface area contributed by atoms with Crippen LogP contribution in [0.4, 0.5) is 0 Å². The van der Waals surface area contributed by atoms with Gasteiger partial charge in [0.05, 0.1) is 32.0 Å². The number of amides is 1. The number of hydrogen-bond donors (Lipinski definition) is 9. The van der Waals surface area contributed by atoms with Gasteiger partial charge in [-0.15, -0.1) is 0 Å². The lowest BCUT2D eigenvalue weighted by molar-refractivity contribution is -0.359. The van der Waals surface area contributed by atoms with Crippen molar-refractivity contribution in [3.05, 3.63) is 109 Å². The average Bonchev–Trinajstić information content (AvgIpc) is 3.31. The van der Waals surface area contributed by atoms with Crippen LogP contribution in [0.5, 0.6) is 0 Å². The molecule has 0 aromatic carbocycles. The Morgan fingerprint density at radius 1 is 0.561 bits per heavy atom. The van der Waals surface area contributed by atoms with Crippen molar-refractivity contribution in [1.82, 2.24) is 5.32 Å². The van der Waals surface area contributed by atoms with Gasteiger partial charge in [-0.05, 0) is 83.5 Å². The second-order valence-electron chi connectivity index (χ2n) is 16.5. The van der Waals surface area contributed by atoms with E-state index in [0.717, 1.165) is 70.6 Å². The van der Waals surface area contributed by atoms with E-state index in [1.54, 1.807) is 6.08 Å². The molecule has 12 atom stereocenters. The van der Waals surface area contributed by atoms with Crippen molar-refractivity contribution in [2.75, 3.05) is 19.8 Å². The van der Waals surface area contributed by atoms with Crippen LogP contribution in [-0.2, 0) is 23.7 Å². The smallest absolute Gasteiger partial charge is 0.220 e. The predicted octanol–water partition coefficient (Wildman–Crippen LogP) is 5.76. The summed E-state index contributed by atoms with van der Waals surface area (Å²) in [4.78, 5) is 13.1. The zero-order chi connectivity index (χ0) is 48.2. The molecule has 66 heavy (non-hydrogen) atoms. The van der Waals surface area contributed by atoms with E-state index in [-0.39, 0.29) is 18.9 Å². The normalized spacial score (nSPS) is 27.8. The summed E-state index contributed by atoms with van der Waals surface area (Å²) in [5.74, 6) is -0.317. The molecule has 2 heterocycles. The predicted molar refractivity (Wildman–Crippen MR) is 258 cm³/mol. The van der Waals surface area contributed by atoms with Crippen molar-refractivity contribution in [1.29, 1.82) is 0 Å². The number of nitrogens with one attached hydrogen (secondary N) is 1. The molecular weight excluding hydrogens is 847 g/mol. The topological polar surface area (TPSA) is 228 Å². The minimum atomic E-state index is -1.80. The Bertz CT molecular complexity index is 1520. The summed E-state index contributed by atoms with van der Waals surface area (Å²) in [5, 5.41) is 86.4. The van der Waals surface area contributed by atoms with Gasteiger partial charge in [0.15, 0.2) is 12.6 Å². The van der Waals surface area contributed by atoms with Crippen LogP contribution >= 0.6 is 0 Å². The van der Waals surface area contributed by atoms with Gasteiger partial charge >= 0.3 is 0 Å². The van der Waals surface area contributed by atoms with Crippen molar-refractivity contribution in [2.24, 2.45) is 0 Å². The number of rotatable bonds is 34. The van der Waals surface area contributed by atoms with Gasteiger partial charge in [-0.2, -0.15) is 0 Å². The molecule has 2 aliphatic heterocycles. The van der Waals surface area contributed by atoms with Crippen LogP contribution in [0.2, 0.25) is 0 Å². The molecule has 0 spiro atoms. The maximum atomic E-state index is 13.1. The third kappa shape index (κ3) is 24.6. The first kappa shape index (κ1) is 58.8. The number of carbonyl (C=O) groups is 1. The summed E-state index contributed by atoms with van der Waals surface area (Å²) in [6.07, 6.45) is 34.4. The lowest BCUT2D eigenvalue weighted by Crippen LogP contribution is -2.65. The Kier molecular flexibility index (Phi) is 33.5. The molecule has 9 N–H and O–H groups in total. The molecule has 2 aliphatic rings. The van der Waals surface area contributed by atoms with Gasteiger partial charge in [0, 0.05) is 6.42 Å². The summed E-state index contributed by atoms with van der Waals surface area (Å²) >= 11 is 0. The van der Waals surface area contributed by atoms with Gasteiger partial charge in [0.2, 0.25) is 5.91 Å². The highest BCUT2D eigenvalue weighted by molar-refractivity contribution is 5.76. The highest BCUT2D eigenvalue weighted by Crippen LogP contribution is 2.29. The second kappa shape index (κ2) is 37.6. The Balaban J connectivity index is 1.85. The van der Waals surface area contributed by atoms with Crippen LogP contribution in [0.3, 0.4) is 0 Å². The average molecular weight is 930 g/mol. The summed E-state index contributed by atoms with van der Waals surface area (Å²) in [5.41, 5.74) is 0. The molecule has 14 nitrogen and oxygen atoms in total. The summed E-state index contributed by atoms with van der Waals surface area (Å²) in [6, 6.07) is -0.967. The van der Waals surface area contributed by atoms with Gasteiger partial charge < -0.3 is 65.1 Å². The Labute approximate surface area is 394 Å². The highest BCUT2D eigenvalue weighted by atomic mass is 16.7. The van der Waals surface area contributed by atoms with Crippen LogP contribution in [0, 0.1) is 0 Å². The molecule has 0 radical (unpaired) electrons. The number of hydrogen-bond acceptors (Lipinski definition) is 13. The molecule has 2 fully saturated rings. The first-order chi connectivity index (χ1) is 32.1. The van der Waals surface area contributed by atoms with Gasteiger partial charge in [-0.1, -0.05) is 136 Å². The molecule has 1 amide bonds. The van der Waals surface area contributed by atoms with E-state index in [1.807, 2.05) is 12.2 Å². The second-order valence-corrected chi connectivity index (χ2v) is 16.5. The SMILES string of the molecule is CC/C=C\C/C=C\C/C=C\C/C=C\C/C=C\C/C=C\C/C=C\CCCC(=O)NC(COC1OC(CO)C(OC2OC(CO)C(O)C(O)C2O)C(O)C1O)C(O)/C=C/CC/C=C/CCCCC. The van der Waals surface area contributed by atoms with E-state index in [9.17, 15) is 45.6 Å². The van der Waals surface area contributed by atoms with Crippen LogP contribution in [0.25, 0.3) is 0 Å². The van der Waals surface area contributed by atoms with Crippen LogP contribution in [-0.4, -0.2) is 140 Å². The van der Waals surface area contributed by atoms with E-state index < -0.39 is 86.8 Å². The zero-order valence-electron chi connectivity index (χ0n) is 39.4. The number of unbranched alkanes of at least 4 members (excludes halogenated alkanes) is 5. The van der Waals surface area contributed by atoms with Crippen LogP contribution in [0.15, 0.2) is 109 Å². The van der Waals surface area contributed by atoms with E-state index in [4.69, 9.17) is 18.9 Å². The largest absolute Gasteiger partial charge is 0.394 e. The Hall–Kier alpha value is -3.35. The van der Waals surface area contributed by atoms with Crippen LogP contribution < -0.4 is 5.32 Å². The number of aliphatic hydroxyl groups is 8. The van der Waals surface area contributed by atoms with Crippen molar-refractivity contribution >= 4 is 5.91 Å². The van der Waals surface area contributed by atoms with Gasteiger partial charge in [0.1, 0.15) is 48.8 Å². The minimum absolute atomic E-state index is 0.185. The number of ether oxygens (including phenoxy) is 4. The lowest BCUT2D eigenvalue weighted by atomic mass is 9.97. The van der Waals surface area contributed by atoms with Gasteiger partial charge in [0.25, 0.3) is 0 Å². The summed E-state index contributed by atoms with van der Waals surface area (Å²) in [6.45, 7) is 2.51. The summed E-state index contributed by atoms with van der Waals surface area (Å²) in [7, 11) is 0. The molecule has 2 rings (SSSR count). The molecule has 2 saturated heterocycles. The Morgan fingerprint density at radius 3 is 1.61 bits per heavy atom. The quantitative estimate of drug-likeness (QED) is 0.0277. The standard InChI is InChI=1S/C52H83NO13/c1-3-5-7-9-11-13-14-15-16-17-18-19-20-21-22-23-24-25-26-28-30-32-34-36-44(57)53-40(41(56)35-33-31-29-27-12-10-8-6-4-2)39-63-51-49(62)47(60)50(43(38-55)65-51)66-52-48(61)46(59)45(58)42(37-54)64-52/h5,7,11-13,15-16,18-19,21-22,24-25,27-28,30,33,35,40-43,45-52,54-56,58-62H,3-4,6,8-10,14,17,20,23,26,29,31-32,34,36-39H2,1-2H3,(H,53,57)/b7-5-,13-11-,16-15-,19-18-,22-21-,25-24-,27-12+,30-28-,35-33+. The van der Waals surface area contributed by atoms with Crippen molar-refractivity contribution < 1.29 is 64.6 Å². The molecule has 14 heteroatoms. The lowest BCUT2D eigenvalue weighted by Gasteiger charge is -2.46. The molecule has 0 bridgehead atoms. The first-order valence-electron chi connectivity index (χ1n) is 24.1. The fraction of sp³-hybridized carbons (Fsp3) is 0.635. The first-order valence-corrected chi connectivity index (χ1v) is 24.1. The summed E-state index contributed by atoms with van der Waals surface area (Å²) < 4.78 is 22.6. The fourth-order valence-corrected chi connectivity index (χ4v) is 7.00. The third-order valence-electron chi connectivity index (χ3n) is 10.9. The Morgan fingerprint density at radius 2 is 1.05 bits per heavy atom. The fourth-order valence-electron chi connectivity index (χ4n) is 7.00. The maximum Gasteiger partial charge on any atom is 0.220 e. The monoisotopic (exact) mass is 930 g/mol. The zero-order valence-corrected chi connectivity index (χ0v) is 39.4. The molecule has 0 aromatic rings. The number of aliphatic hydroxyl groups excluding tert-OH is 8. The minimum Gasteiger partial charge on any atom is -0.394 e. The van der Waals surface area contributed by atoms with Gasteiger partial charge in [-0.25, -0.2) is 0 Å². The van der Waals surface area contributed by atoms with Crippen LogP contribution in [0.1, 0.15) is 117 Å². The van der Waals surface area contributed by atoms with Crippen molar-refractivity contribution in [3.8, 4) is 0 Å². The molecular formula is C52H83NO13. The van der Waals surface area contributed by atoms with E-state index in [2.05, 4.69) is 110 Å². The van der Waals surface area contributed by atoms with E-state index in [0.29, 0.717) is 19.3 Å². The molecule has 0 saturated carbocycles. The van der Waals surface area contributed by atoms with E-state index >= 15 is 0 Å². The highest BCUT2D eigenvalue weighted by Gasteiger charge is 2.51. The van der Waals surface area contributed by atoms with Gasteiger partial charge in [-0.3, -0.25) is 4.79 Å².